The fourth-order valence-electron chi connectivity index (χ4n) is 2.59. The molecule has 0 spiro atoms. The van der Waals surface area contributed by atoms with Gasteiger partial charge in [0, 0.05) is 0 Å². The minimum Gasteiger partial charge on any atom is -0.393 e. The molecule has 10 heavy (non-hydrogen) atoms. The van der Waals surface area contributed by atoms with Crippen LogP contribution in [-0.2, 0) is 0 Å². The molecule has 57 valence electrons. The Bertz CT molecular complexity index is 131. The van der Waals surface area contributed by atoms with E-state index in [0.29, 0.717) is 5.92 Å². The maximum Gasteiger partial charge on any atom is 0.0571 e. The van der Waals surface area contributed by atoms with Crippen LogP contribution in [0.2, 0.25) is 0 Å². The summed E-state index contributed by atoms with van der Waals surface area (Å²) < 4.78 is 0. The van der Waals surface area contributed by atoms with Crippen LogP contribution in [0.1, 0.15) is 32.6 Å². The van der Waals surface area contributed by atoms with E-state index >= 15 is 0 Å². The third-order valence-electron chi connectivity index (χ3n) is 3.21. The molecule has 0 aliphatic heterocycles. The van der Waals surface area contributed by atoms with Crippen molar-refractivity contribution in [3.8, 4) is 0 Å². The summed E-state index contributed by atoms with van der Waals surface area (Å²) in [6.07, 6.45) is 4.86. The molecule has 1 radical (unpaired) electrons. The Morgan fingerprint density at radius 1 is 1.50 bits per heavy atom. The molecule has 3 atom stereocenters. The van der Waals surface area contributed by atoms with Crippen LogP contribution in [0.15, 0.2) is 0 Å². The van der Waals surface area contributed by atoms with Gasteiger partial charge in [0.15, 0.2) is 0 Å². The lowest BCUT2D eigenvalue weighted by Gasteiger charge is -2.22. The molecule has 2 aliphatic rings. The second-order valence-corrected chi connectivity index (χ2v) is 3.71. The molecule has 0 amide bonds. The third kappa shape index (κ3) is 0.800. The van der Waals surface area contributed by atoms with E-state index in [1.165, 1.54) is 19.3 Å². The lowest BCUT2D eigenvalue weighted by molar-refractivity contribution is 0.117. The topological polar surface area (TPSA) is 20.2 Å². The van der Waals surface area contributed by atoms with Gasteiger partial charge in [-0.1, -0.05) is 6.92 Å². The van der Waals surface area contributed by atoms with E-state index in [1.807, 2.05) is 0 Å². The van der Waals surface area contributed by atoms with Crippen LogP contribution in [0.25, 0.3) is 0 Å². The van der Waals surface area contributed by atoms with Crippen molar-refractivity contribution in [2.24, 2.45) is 11.8 Å². The van der Waals surface area contributed by atoms with Crippen molar-refractivity contribution in [2.75, 3.05) is 0 Å². The summed E-state index contributed by atoms with van der Waals surface area (Å²) in [6.45, 7) is 2.24. The third-order valence-corrected chi connectivity index (χ3v) is 3.21. The largest absolute Gasteiger partial charge is 0.393 e. The van der Waals surface area contributed by atoms with E-state index in [-0.39, 0.29) is 6.10 Å². The highest BCUT2D eigenvalue weighted by molar-refractivity contribution is 5.10. The van der Waals surface area contributed by atoms with Crippen LogP contribution in [0, 0.1) is 17.8 Å². The van der Waals surface area contributed by atoms with Crippen LogP contribution in [-0.4, -0.2) is 11.2 Å². The molecule has 2 bridgehead atoms. The molecule has 2 aliphatic carbocycles. The highest BCUT2D eigenvalue weighted by atomic mass is 16.3. The number of hydrogen-bond acceptors (Lipinski definition) is 1. The Hall–Kier alpha value is -0.0400. The van der Waals surface area contributed by atoms with E-state index in [4.69, 9.17) is 0 Å². The van der Waals surface area contributed by atoms with Gasteiger partial charge in [-0.2, -0.15) is 0 Å². The Kier molecular flexibility index (Phi) is 1.48. The minimum atomic E-state index is 0.0419. The van der Waals surface area contributed by atoms with E-state index in [2.05, 4.69) is 6.92 Å². The number of hydrogen-bond donors (Lipinski definition) is 1. The van der Waals surface area contributed by atoms with Gasteiger partial charge in [-0.25, -0.2) is 0 Å². The maximum atomic E-state index is 9.42. The first kappa shape index (κ1) is 6.66. The molecule has 2 rings (SSSR count). The summed E-state index contributed by atoms with van der Waals surface area (Å²) in [5.41, 5.74) is 0. The molecule has 0 heterocycles. The number of fused-ring (bicyclic) bond motifs is 2. The summed E-state index contributed by atoms with van der Waals surface area (Å²) in [5, 5.41) is 9.42. The van der Waals surface area contributed by atoms with Crippen LogP contribution in [0.4, 0.5) is 0 Å². The standard InChI is InChI=1S/C9H15O/c1-2-6-3-8-4-7(6)5-9(8)10/h7-10H,2-5H2,1H3. The number of aliphatic hydroxyl groups is 1. The first-order chi connectivity index (χ1) is 4.81. The van der Waals surface area contributed by atoms with Gasteiger partial charge in [0.25, 0.3) is 0 Å². The molecule has 0 aromatic heterocycles. The van der Waals surface area contributed by atoms with Crippen molar-refractivity contribution in [3.63, 3.8) is 0 Å². The monoisotopic (exact) mass is 139 g/mol. The Morgan fingerprint density at radius 2 is 2.30 bits per heavy atom. The Balaban J connectivity index is 2.02. The summed E-state index contributed by atoms with van der Waals surface area (Å²) in [5.74, 6) is 3.15. The maximum absolute atomic E-state index is 9.42. The molecule has 1 N–H and O–H groups in total. The number of aliphatic hydroxyl groups excluding tert-OH is 1. The first-order valence-corrected chi connectivity index (χ1v) is 4.34. The van der Waals surface area contributed by atoms with Gasteiger partial charge in [0.2, 0.25) is 0 Å². The fraction of sp³-hybridized carbons (Fsp3) is 0.889. The van der Waals surface area contributed by atoms with Crippen molar-refractivity contribution in [3.05, 3.63) is 5.92 Å². The summed E-state index contributed by atoms with van der Waals surface area (Å²) in [7, 11) is 0. The lowest BCUT2D eigenvalue weighted by atomic mass is 9.86. The van der Waals surface area contributed by atoms with Gasteiger partial charge in [-0.05, 0) is 43.4 Å². The van der Waals surface area contributed by atoms with Gasteiger partial charge >= 0.3 is 0 Å². The van der Waals surface area contributed by atoms with Crippen LogP contribution >= 0.6 is 0 Å². The molecule has 1 heteroatoms. The Morgan fingerprint density at radius 3 is 2.70 bits per heavy atom. The van der Waals surface area contributed by atoms with Gasteiger partial charge in [-0.3, -0.25) is 0 Å². The van der Waals surface area contributed by atoms with Gasteiger partial charge in [0.1, 0.15) is 0 Å². The summed E-state index contributed by atoms with van der Waals surface area (Å²) >= 11 is 0. The molecule has 3 unspecified atom stereocenters. The van der Waals surface area contributed by atoms with Crippen molar-refractivity contribution < 1.29 is 5.11 Å². The van der Waals surface area contributed by atoms with Crippen molar-refractivity contribution >= 4 is 0 Å². The second-order valence-electron chi connectivity index (χ2n) is 3.71. The van der Waals surface area contributed by atoms with E-state index in [9.17, 15) is 5.11 Å². The zero-order valence-electron chi connectivity index (χ0n) is 6.51. The van der Waals surface area contributed by atoms with Gasteiger partial charge in [-0.15, -0.1) is 0 Å². The van der Waals surface area contributed by atoms with Crippen LogP contribution in [0.5, 0.6) is 0 Å². The highest BCUT2D eigenvalue weighted by Gasteiger charge is 2.44. The fourth-order valence-corrected chi connectivity index (χ4v) is 2.59. The predicted octanol–water partition coefficient (Wildman–Crippen LogP) is 1.76. The number of rotatable bonds is 1. The SMILES string of the molecule is CC[C]1CC2CC1CC2O. The van der Waals surface area contributed by atoms with Gasteiger partial charge in [0.05, 0.1) is 6.10 Å². The van der Waals surface area contributed by atoms with E-state index in [1.54, 1.807) is 5.92 Å². The van der Waals surface area contributed by atoms with Crippen molar-refractivity contribution in [2.45, 2.75) is 38.7 Å². The molecule has 0 aromatic carbocycles. The first-order valence-electron chi connectivity index (χ1n) is 4.34. The van der Waals surface area contributed by atoms with E-state index < -0.39 is 0 Å². The molecular formula is C9H15O. The van der Waals surface area contributed by atoms with E-state index in [0.717, 1.165) is 12.3 Å². The molecular weight excluding hydrogens is 124 g/mol. The lowest BCUT2D eigenvalue weighted by Crippen LogP contribution is -2.19. The zero-order valence-corrected chi connectivity index (χ0v) is 6.51. The normalized spacial score (nSPS) is 46.8. The van der Waals surface area contributed by atoms with Crippen LogP contribution in [0.3, 0.4) is 0 Å². The van der Waals surface area contributed by atoms with Crippen molar-refractivity contribution in [1.29, 1.82) is 0 Å². The minimum absolute atomic E-state index is 0.0419. The second kappa shape index (κ2) is 2.23. The van der Waals surface area contributed by atoms with Crippen molar-refractivity contribution in [1.82, 2.24) is 0 Å². The molecule has 2 fully saturated rings. The summed E-state index contributed by atoms with van der Waals surface area (Å²) in [4.78, 5) is 0. The van der Waals surface area contributed by atoms with Crippen LogP contribution < -0.4 is 0 Å². The quantitative estimate of drug-likeness (QED) is 0.587. The predicted molar refractivity (Wildman–Crippen MR) is 40.4 cm³/mol. The molecule has 2 saturated carbocycles. The Labute approximate surface area is 62.4 Å². The molecule has 0 saturated heterocycles. The molecule has 0 aromatic rings. The molecule has 1 nitrogen and oxygen atoms in total. The highest BCUT2D eigenvalue weighted by Crippen LogP contribution is 2.50. The van der Waals surface area contributed by atoms with Gasteiger partial charge < -0.3 is 5.11 Å². The average molecular weight is 139 g/mol. The summed E-state index contributed by atoms with van der Waals surface area (Å²) in [6, 6.07) is 0. The zero-order chi connectivity index (χ0) is 7.14. The smallest absolute Gasteiger partial charge is 0.0571 e. The average Bonchev–Trinajstić information content (AvgIpc) is 2.44.